The van der Waals surface area contributed by atoms with Crippen LogP contribution in [0, 0.1) is 6.92 Å². The molecule has 0 spiro atoms. The molecule has 0 atom stereocenters. The van der Waals surface area contributed by atoms with E-state index in [1.165, 1.54) is 0 Å². The summed E-state index contributed by atoms with van der Waals surface area (Å²) in [5.74, 6) is 0. The lowest BCUT2D eigenvalue weighted by Gasteiger charge is -2.09. The molecule has 0 radical (unpaired) electrons. The molecule has 92 valence electrons. The minimum absolute atomic E-state index is 0.598. The minimum atomic E-state index is 0.598. The molecule has 1 aromatic carbocycles. The van der Waals surface area contributed by atoms with Gasteiger partial charge in [-0.25, -0.2) is 0 Å². The van der Waals surface area contributed by atoms with Gasteiger partial charge < -0.3 is 11.1 Å². The van der Waals surface area contributed by atoms with E-state index in [1.807, 2.05) is 31.2 Å². The molecule has 1 heterocycles. The Kier molecular flexibility index (Phi) is 3.57. The highest BCUT2D eigenvalue weighted by molar-refractivity contribution is 5.64. The average Bonchev–Trinajstić information content (AvgIpc) is 2.38. The summed E-state index contributed by atoms with van der Waals surface area (Å²) in [6.07, 6.45) is 3.51. The van der Waals surface area contributed by atoms with E-state index in [1.54, 1.807) is 12.4 Å². The zero-order valence-corrected chi connectivity index (χ0v) is 10.4. The molecule has 2 rings (SSSR count). The van der Waals surface area contributed by atoms with E-state index in [0.29, 0.717) is 6.54 Å². The third kappa shape index (κ3) is 3.07. The van der Waals surface area contributed by atoms with Crippen LogP contribution in [0.2, 0.25) is 0 Å². The van der Waals surface area contributed by atoms with Gasteiger partial charge in [0.2, 0.25) is 0 Å². The van der Waals surface area contributed by atoms with Crippen LogP contribution in [0.3, 0.4) is 0 Å². The summed E-state index contributed by atoms with van der Waals surface area (Å²) in [5, 5.41) is 3.21. The predicted molar refractivity (Wildman–Crippen MR) is 73.5 cm³/mol. The summed E-state index contributed by atoms with van der Waals surface area (Å²) < 4.78 is 0. The Balaban J connectivity index is 1.98. The van der Waals surface area contributed by atoms with E-state index in [9.17, 15) is 0 Å². The Morgan fingerprint density at radius 3 is 2.83 bits per heavy atom. The van der Waals surface area contributed by atoms with Gasteiger partial charge >= 0.3 is 0 Å². The van der Waals surface area contributed by atoms with Gasteiger partial charge in [-0.15, -0.1) is 0 Å². The lowest BCUT2D eigenvalue weighted by molar-refractivity contribution is 0.839. The van der Waals surface area contributed by atoms with Crippen LogP contribution in [0.4, 0.5) is 5.69 Å². The van der Waals surface area contributed by atoms with Gasteiger partial charge in [0.05, 0.1) is 24.1 Å². The van der Waals surface area contributed by atoms with Crippen LogP contribution in [0.5, 0.6) is 0 Å². The lowest BCUT2D eigenvalue weighted by atomic mass is 10.1. The molecule has 1 aromatic heterocycles. The largest absolute Gasteiger partial charge is 0.399 e. The maximum absolute atomic E-state index is 5.73. The van der Waals surface area contributed by atoms with Crippen molar-refractivity contribution in [3.63, 3.8) is 0 Å². The first-order valence-corrected chi connectivity index (χ1v) is 5.71. The molecule has 0 unspecified atom stereocenters. The highest BCUT2D eigenvalue weighted by Crippen LogP contribution is 2.13. The first-order chi connectivity index (χ1) is 8.65. The SMILES string of the molecule is C=C(NCc1cnc(C)cn1)c1cccc(N)c1. The third-order valence-electron chi connectivity index (χ3n) is 2.55. The number of anilines is 1. The molecule has 0 fully saturated rings. The van der Waals surface area contributed by atoms with Gasteiger partial charge in [-0.2, -0.15) is 0 Å². The highest BCUT2D eigenvalue weighted by Gasteiger charge is 2.00. The summed E-state index contributed by atoms with van der Waals surface area (Å²) in [6, 6.07) is 7.61. The van der Waals surface area contributed by atoms with Crippen molar-refractivity contribution in [3.05, 3.63) is 60.2 Å². The normalized spacial score (nSPS) is 10.1. The standard InChI is InChI=1S/C14H16N4/c1-10-7-18-14(8-16-10)9-17-11(2)12-4-3-5-13(15)6-12/h3-8,17H,2,9,15H2,1H3. The molecular weight excluding hydrogens is 224 g/mol. The van der Waals surface area contributed by atoms with Gasteiger partial charge in [-0.1, -0.05) is 18.7 Å². The molecular formula is C14H16N4. The maximum Gasteiger partial charge on any atom is 0.0777 e. The van der Waals surface area contributed by atoms with Crippen LogP contribution < -0.4 is 11.1 Å². The summed E-state index contributed by atoms with van der Waals surface area (Å²) in [4.78, 5) is 8.46. The fourth-order valence-electron chi connectivity index (χ4n) is 1.54. The number of aryl methyl sites for hydroxylation is 1. The number of nitrogens with zero attached hydrogens (tertiary/aromatic N) is 2. The molecule has 18 heavy (non-hydrogen) atoms. The number of aromatic nitrogens is 2. The van der Waals surface area contributed by atoms with Crippen molar-refractivity contribution in [1.29, 1.82) is 0 Å². The van der Waals surface area contributed by atoms with E-state index in [0.717, 1.165) is 28.3 Å². The van der Waals surface area contributed by atoms with E-state index < -0.39 is 0 Å². The zero-order chi connectivity index (χ0) is 13.0. The van der Waals surface area contributed by atoms with Crippen molar-refractivity contribution in [1.82, 2.24) is 15.3 Å². The molecule has 0 bridgehead atoms. The van der Waals surface area contributed by atoms with Crippen molar-refractivity contribution in [3.8, 4) is 0 Å². The Morgan fingerprint density at radius 1 is 1.33 bits per heavy atom. The Labute approximate surface area is 107 Å². The average molecular weight is 240 g/mol. The molecule has 0 aliphatic heterocycles. The van der Waals surface area contributed by atoms with Gasteiger partial charge in [0.25, 0.3) is 0 Å². The quantitative estimate of drug-likeness (QED) is 0.803. The smallest absolute Gasteiger partial charge is 0.0777 e. The van der Waals surface area contributed by atoms with E-state index >= 15 is 0 Å². The summed E-state index contributed by atoms with van der Waals surface area (Å²) in [5.41, 5.74) is 10.1. The number of nitrogens with two attached hydrogens (primary N) is 1. The predicted octanol–water partition coefficient (Wildman–Crippen LogP) is 2.13. The summed E-state index contributed by atoms with van der Waals surface area (Å²) in [7, 11) is 0. The Bertz CT molecular complexity index is 546. The molecule has 3 N–H and O–H groups in total. The second-order valence-electron chi connectivity index (χ2n) is 4.11. The van der Waals surface area contributed by atoms with Crippen LogP contribution in [0.15, 0.2) is 43.2 Å². The van der Waals surface area contributed by atoms with E-state index in [-0.39, 0.29) is 0 Å². The monoisotopic (exact) mass is 240 g/mol. The van der Waals surface area contributed by atoms with Crippen LogP contribution in [-0.4, -0.2) is 9.97 Å². The van der Waals surface area contributed by atoms with Crippen LogP contribution in [0.1, 0.15) is 17.0 Å². The first-order valence-electron chi connectivity index (χ1n) is 5.71. The van der Waals surface area contributed by atoms with Gasteiger partial charge in [-0.05, 0) is 24.6 Å². The molecule has 2 aromatic rings. The van der Waals surface area contributed by atoms with Crippen molar-refractivity contribution in [2.45, 2.75) is 13.5 Å². The number of hydrogen-bond donors (Lipinski definition) is 2. The fraction of sp³-hybridized carbons (Fsp3) is 0.143. The third-order valence-corrected chi connectivity index (χ3v) is 2.55. The number of nitrogen functional groups attached to an aromatic ring is 1. The number of hydrogen-bond acceptors (Lipinski definition) is 4. The molecule has 0 saturated carbocycles. The summed E-state index contributed by atoms with van der Waals surface area (Å²) in [6.45, 7) is 6.49. The van der Waals surface area contributed by atoms with Gasteiger partial charge in [0.15, 0.2) is 0 Å². The zero-order valence-electron chi connectivity index (χ0n) is 10.4. The van der Waals surface area contributed by atoms with E-state index in [2.05, 4.69) is 21.9 Å². The van der Waals surface area contributed by atoms with Gasteiger partial charge in [0.1, 0.15) is 0 Å². The number of nitrogens with one attached hydrogen (secondary N) is 1. The molecule has 4 heteroatoms. The fourth-order valence-corrected chi connectivity index (χ4v) is 1.54. The first kappa shape index (κ1) is 12.1. The second-order valence-corrected chi connectivity index (χ2v) is 4.11. The van der Waals surface area contributed by atoms with E-state index in [4.69, 9.17) is 5.73 Å². The molecule has 0 amide bonds. The molecule has 0 saturated heterocycles. The number of rotatable bonds is 4. The van der Waals surface area contributed by atoms with Crippen molar-refractivity contribution in [2.24, 2.45) is 0 Å². The number of benzene rings is 1. The van der Waals surface area contributed by atoms with Gasteiger partial charge in [-0.3, -0.25) is 9.97 Å². The lowest BCUT2D eigenvalue weighted by Crippen LogP contribution is -2.12. The second kappa shape index (κ2) is 5.31. The van der Waals surface area contributed by atoms with Crippen LogP contribution in [-0.2, 0) is 6.54 Å². The topological polar surface area (TPSA) is 63.8 Å². The van der Waals surface area contributed by atoms with Crippen molar-refractivity contribution >= 4 is 11.4 Å². The minimum Gasteiger partial charge on any atom is -0.399 e. The Hall–Kier alpha value is -2.36. The maximum atomic E-state index is 5.73. The molecule has 0 aliphatic rings. The van der Waals surface area contributed by atoms with Crippen molar-refractivity contribution in [2.75, 3.05) is 5.73 Å². The Morgan fingerprint density at radius 2 is 2.17 bits per heavy atom. The molecule has 0 aliphatic carbocycles. The highest BCUT2D eigenvalue weighted by atomic mass is 14.9. The molecule has 4 nitrogen and oxygen atoms in total. The van der Waals surface area contributed by atoms with Crippen LogP contribution in [0.25, 0.3) is 5.70 Å². The van der Waals surface area contributed by atoms with Crippen molar-refractivity contribution < 1.29 is 0 Å². The van der Waals surface area contributed by atoms with Crippen LogP contribution >= 0.6 is 0 Å². The van der Waals surface area contributed by atoms with Gasteiger partial charge in [0, 0.05) is 17.6 Å². The summed E-state index contributed by atoms with van der Waals surface area (Å²) >= 11 is 0.